The highest BCUT2D eigenvalue weighted by Crippen LogP contribution is 2.25. The number of rotatable bonds is 7. The summed E-state index contributed by atoms with van der Waals surface area (Å²) in [6.45, 7) is 0. The second kappa shape index (κ2) is 10.2. The summed E-state index contributed by atoms with van der Waals surface area (Å²) in [6.07, 6.45) is 3.68. The molecule has 0 saturated carbocycles. The molecule has 0 radical (unpaired) electrons. The molecule has 4 aromatic rings. The summed E-state index contributed by atoms with van der Waals surface area (Å²) in [4.78, 5) is 9.12. The van der Waals surface area contributed by atoms with Crippen molar-refractivity contribution in [1.29, 1.82) is 0 Å². The molecule has 4 nitrogen and oxygen atoms in total. The molecule has 158 valence electrons. The highest BCUT2D eigenvalue weighted by atomic mass is 16.5. The van der Waals surface area contributed by atoms with Gasteiger partial charge in [-0.1, -0.05) is 48.5 Å². The summed E-state index contributed by atoms with van der Waals surface area (Å²) in [5.41, 5.74) is 6.06. The van der Waals surface area contributed by atoms with E-state index in [9.17, 15) is 0 Å². The summed E-state index contributed by atoms with van der Waals surface area (Å²) < 4.78 is 10.5. The van der Waals surface area contributed by atoms with E-state index >= 15 is 0 Å². The first-order valence-electron chi connectivity index (χ1n) is 10.3. The average Bonchev–Trinajstić information content (AvgIpc) is 2.87. The molecule has 4 aromatic carbocycles. The van der Waals surface area contributed by atoms with E-state index in [1.165, 1.54) is 0 Å². The monoisotopic (exact) mass is 420 g/mol. The molecule has 0 saturated heterocycles. The summed E-state index contributed by atoms with van der Waals surface area (Å²) >= 11 is 0. The van der Waals surface area contributed by atoms with Crippen LogP contribution >= 0.6 is 0 Å². The van der Waals surface area contributed by atoms with Crippen LogP contribution in [0, 0.1) is 0 Å². The Balaban J connectivity index is 1.42. The molecule has 0 aliphatic carbocycles. The molecule has 0 aliphatic rings. The summed E-state index contributed by atoms with van der Waals surface area (Å²) in [5, 5.41) is 0. The van der Waals surface area contributed by atoms with Gasteiger partial charge < -0.3 is 9.47 Å². The first-order valence-corrected chi connectivity index (χ1v) is 10.3. The first kappa shape index (κ1) is 21.1. The fraction of sp³-hybridized carbons (Fsp3) is 0.0714. The third kappa shape index (κ3) is 5.49. The second-order valence-electron chi connectivity index (χ2n) is 7.16. The van der Waals surface area contributed by atoms with E-state index in [0.29, 0.717) is 0 Å². The number of nitrogens with zero attached hydrogens (tertiary/aromatic N) is 2. The lowest BCUT2D eigenvalue weighted by atomic mass is 10.1. The highest BCUT2D eigenvalue weighted by Gasteiger charge is 1.99. The van der Waals surface area contributed by atoms with E-state index in [-0.39, 0.29) is 0 Å². The molecule has 0 fully saturated rings. The molecule has 0 aliphatic heterocycles. The van der Waals surface area contributed by atoms with Crippen molar-refractivity contribution in [3.05, 3.63) is 108 Å². The standard InChI is InChI=1S/C28H24N2O2/c1-31-27-7-3-5-21(17-27)19-29-25-13-9-23(10-14-25)24-11-15-26(16-12-24)30-20-22-6-4-8-28(18-22)32-2/h3-20H,1-2H3. The van der Waals surface area contributed by atoms with Gasteiger partial charge in [0.25, 0.3) is 0 Å². The second-order valence-corrected chi connectivity index (χ2v) is 7.16. The van der Waals surface area contributed by atoms with Crippen LogP contribution in [0.25, 0.3) is 11.1 Å². The minimum Gasteiger partial charge on any atom is -0.497 e. The molecule has 4 heteroatoms. The molecule has 4 rings (SSSR count). The van der Waals surface area contributed by atoms with Crippen LogP contribution in [0.3, 0.4) is 0 Å². The van der Waals surface area contributed by atoms with Crippen molar-refractivity contribution in [3.8, 4) is 22.6 Å². The molecule has 0 bridgehead atoms. The van der Waals surface area contributed by atoms with E-state index in [1.54, 1.807) is 14.2 Å². The smallest absolute Gasteiger partial charge is 0.119 e. The molecular formula is C28H24N2O2. The molecule has 32 heavy (non-hydrogen) atoms. The molecule has 0 heterocycles. The average molecular weight is 421 g/mol. The van der Waals surface area contributed by atoms with Crippen molar-refractivity contribution in [2.24, 2.45) is 9.98 Å². The van der Waals surface area contributed by atoms with E-state index in [1.807, 2.05) is 85.2 Å². The third-order valence-corrected chi connectivity index (χ3v) is 4.98. The van der Waals surface area contributed by atoms with Gasteiger partial charge in [0.2, 0.25) is 0 Å². The van der Waals surface area contributed by atoms with Crippen molar-refractivity contribution >= 4 is 23.8 Å². The van der Waals surface area contributed by atoms with Gasteiger partial charge in [-0.2, -0.15) is 0 Å². The maximum absolute atomic E-state index is 5.25. The van der Waals surface area contributed by atoms with Crippen LogP contribution in [0.4, 0.5) is 11.4 Å². The molecule has 0 atom stereocenters. The quantitative estimate of drug-likeness (QED) is 0.306. The predicted molar refractivity (Wildman–Crippen MR) is 132 cm³/mol. The van der Waals surface area contributed by atoms with Gasteiger partial charge in [-0.3, -0.25) is 9.98 Å². The third-order valence-electron chi connectivity index (χ3n) is 4.98. The zero-order chi connectivity index (χ0) is 22.2. The SMILES string of the molecule is COc1cccc(C=Nc2ccc(-c3ccc(N=Cc4cccc(OC)c4)cc3)cc2)c1. The van der Waals surface area contributed by atoms with Crippen molar-refractivity contribution in [2.75, 3.05) is 14.2 Å². The van der Waals surface area contributed by atoms with Gasteiger partial charge in [-0.25, -0.2) is 0 Å². The number of methoxy groups -OCH3 is 2. The minimum atomic E-state index is 0.820. The minimum absolute atomic E-state index is 0.820. The van der Waals surface area contributed by atoms with Gasteiger partial charge in [-0.05, 0) is 70.8 Å². The Morgan fingerprint density at radius 2 is 0.938 bits per heavy atom. The number of aliphatic imine (C=N–C) groups is 2. The van der Waals surface area contributed by atoms with Crippen molar-refractivity contribution in [1.82, 2.24) is 0 Å². The zero-order valence-electron chi connectivity index (χ0n) is 18.1. The Morgan fingerprint density at radius 3 is 1.31 bits per heavy atom. The number of ether oxygens (including phenoxy) is 2. The summed E-state index contributed by atoms with van der Waals surface area (Å²) in [7, 11) is 3.32. The van der Waals surface area contributed by atoms with Gasteiger partial charge in [0, 0.05) is 12.4 Å². The van der Waals surface area contributed by atoms with Gasteiger partial charge in [0.05, 0.1) is 25.6 Å². The predicted octanol–water partition coefficient (Wildman–Crippen LogP) is 6.87. The lowest BCUT2D eigenvalue weighted by Gasteiger charge is -2.04. The van der Waals surface area contributed by atoms with Gasteiger partial charge in [-0.15, -0.1) is 0 Å². The lowest BCUT2D eigenvalue weighted by Crippen LogP contribution is -1.85. The van der Waals surface area contributed by atoms with Crippen LogP contribution < -0.4 is 9.47 Å². The topological polar surface area (TPSA) is 43.2 Å². The van der Waals surface area contributed by atoms with Gasteiger partial charge in [0.1, 0.15) is 11.5 Å². The van der Waals surface area contributed by atoms with E-state index in [0.717, 1.165) is 45.1 Å². The van der Waals surface area contributed by atoms with Crippen molar-refractivity contribution in [2.45, 2.75) is 0 Å². The van der Waals surface area contributed by atoms with Crippen LogP contribution in [-0.2, 0) is 0 Å². The van der Waals surface area contributed by atoms with Crippen molar-refractivity contribution in [3.63, 3.8) is 0 Å². The fourth-order valence-corrected chi connectivity index (χ4v) is 3.22. The maximum atomic E-state index is 5.25. The van der Waals surface area contributed by atoms with Crippen LogP contribution in [0.15, 0.2) is 107 Å². The van der Waals surface area contributed by atoms with Crippen molar-refractivity contribution < 1.29 is 9.47 Å². The molecule has 0 N–H and O–H groups in total. The largest absolute Gasteiger partial charge is 0.497 e. The van der Waals surface area contributed by atoms with E-state index in [4.69, 9.17) is 9.47 Å². The Bertz CT molecular complexity index is 1130. The van der Waals surface area contributed by atoms with Crippen LogP contribution in [0.1, 0.15) is 11.1 Å². The number of hydrogen-bond donors (Lipinski definition) is 0. The van der Waals surface area contributed by atoms with E-state index < -0.39 is 0 Å². The Labute approximate surface area is 188 Å². The molecule has 0 aromatic heterocycles. The number of benzene rings is 4. The lowest BCUT2D eigenvalue weighted by molar-refractivity contribution is 0.414. The zero-order valence-corrected chi connectivity index (χ0v) is 18.1. The van der Waals surface area contributed by atoms with Crippen LogP contribution in [0.5, 0.6) is 11.5 Å². The summed E-state index contributed by atoms with van der Waals surface area (Å²) in [6, 6.07) is 32.0. The normalized spacial score (nSPS) is 11.2. The molecular weight excluding hydrogens is 396 g/mol. The first-order chi connectivity index (χ1) is 15.7. The van der Waals surface area contributed by atoms with Gasteiger partial charge in [0.15, 0.2) is 0 Å². The fourth-order valence-electron chi connectivity index (χ4n) is 3.22. The Morgan fingerprint density at radius 1 is 0.531 bits per heavy atom. The van der Waals surface area contributed by atoms with Gasteiger partial charge >= 0.3 is 0 Å². The molecule has 0 spiro atoms. The molecule has 0 amide bonds. The van der Waals surface area contributed by atoms with Crippen LogP contribution in [-0.4, -0.2) is 26.6 Å². The molecule has 0 unspecified atom stereocenters. The van der Waals surface area contributed by atoms with E-state index in [2.05, 4.69) is 34.3 Å². The Hall–Kier alpha value is -4.18. The maximum Gasteiger partial charge on any atom is 0.119 e. The highest BCUT2D eigenvalue weighted by molar-refractivity contribution is 5.83. The summed E-state index contributed by atoms with van der Waals surface area (Å²) in [5.74, 6) is 1.64. The Kier molecular flexibility index (Phi) is 6.73. The van der Waals surface area contributed by atoms with Crippen LogP contribution in [0.2, 0.25) is 0 Å². The number of hydrogen-bond acceptors (Lipinski definition) is 4.